The fraction of sp³-hybridized carbons (Fsp3) is 0.241. The molecule has 0 fully saturated rings. The summed E-state index contributed by atoms with van der Waals surface area (Å²) in [6.45, 7) is 1.84. The average Bonchev–Trinajstić information content (AvgIpc) is 3.40. The normalized spacial score (nSPS) is 12.7. The average molecular weight is 543 g/mol. The number of imide groups is 1. The highest BCUT2D eigenvalue weighted by atomic mass is 32.2. The van der Waals surface area contributed by atoms with E-state index < -0.39 is 0 Å². The van der Waals surface area contributed by atoms with Crippen molar-refractivity contribution in [1.29, 1.82) is 0 Å². The van der Waals surface area contributed by atoms with E-state index in [4.69, 9.17) is 4.42 Å². The molecular weight excluding hydrogens is 516 g/mol. The maximum Gasteiger partial charge on any atom is 0.277 e. The molecule has 10 heteroatoms. The Kier molecular flexibility index (Phi) is 7.83. The van der Waals surface area contributed by atoms with Crippen molar-refractivity contribution in [2.24, 2.45) is 0 Å². The molecule has 4 aromatic rings. The van der Waals surface area contributed by atoms with Gasteiger partial charge in [0.15, 0.2) is 5.78 Å². The molecule has 1 aliphatic rings. The van der Waals surface area contributed by atoms with E-state index in [9.17, 15) is 19.2 Å². The Morgan fingerprint density at radius 1 is 0.897 bits per heavy atom. The number of aromatic nitrogens is 2. The standard InChI is InChI=1S/C29H26N4O5S/c1-18(34)19-12-14-21(15-13-19)30-24(35)17-39-29-32-31-25(38-29)11-3-2-4-16-33-27(36)22-9-5-7-20-8-6-10-23(26(20)22)28(33)37/h5-10,12-15H,2-4,11,16-17H2,1H3,(H,30,35). The summed E-state index contributed by atoms with van der Waals surface area (Å²) in [6, 6.07) is 17.7. The maximum atomic E-state index is 13.0. The molecule has 0 bridgehead atoms. The van der Waals surface area contributed by atoms with E-state index in [0.717, 1.165) is 35.4 Å². The number of nitrogens with zero attached hydrogens (tertiary/aromatic N) is 3. The van der Waals surface area contributed by atoms with Gasteiger partial charge >= 0.3 is 0 Å². The smallest absolute Gasteiger partial charge is 0.277 e. The number of hydrogen-bond acceptors (Lipinski definition) is 8. The van der Waals surface area contributed by atoms with Gasteiger partial charge in [-0.25, -0.2) is 0 Å². The molecule has 0 aliphatic carbocycles. The molecule has 2 heterocycles. The number of aryl methyl sites for hydroxylation is 1. The summed E-state index contributed by atoms with van der Waals surface area (Å²) in [5.74, 6) is -0.184. The fourth-order valence-corrected chi connectivity index (χ4v) is 5.10. The van der Waals surface area contributed by atoms with Crippen LogP contribution in [0.3, 0.4) is 0 Å². The summed E-state index contributed by atoms with van der Waals surface area (Å²) in [7, 11) is 0. The van der Waals surface area contributed by atoms with E-state index >= 15 is 0 Å². The van der Waals surface area contributed by atoms with Crippen molar-refractivity contribution in [1.82, 2.24) is 15.1 Å². The second-order valence-corrected chi connectivity index (χ2v) is 10.1. The molecule has 3 aromatic carbocycles. The van der Waals surface area contributed by atoms with Crippen LogP contribution in [0.5, 0.6) is 0 Å². The third kappa shape index (κ3) is 5.91. The first kappa shape index (κ1) is 26.3. The quantitative estimate of drug-likeness (QED) is 0.119. The van der Waals surface area contributed by atoms with Crippen molar-refractivity contribution >= 4 is 51.7 Å². The summed E-state index contributed by atoms with van der Waals surface area (Å²) < 4.78 is 5.63. The van der Waals surface area contributed by atoms with Crippen LogP contribution >= 0.6 is 11.8 Å². The van der Waals surface area contributed by atoms with E-state index in [0.29, 0.717) is 52.9 Å². The van der Waals surface area contributed by atoms with Crippen LogP contribution in [0.25, 0.3) is 10.8 Å². The lowest BCUT2D eigenvalue weighted by atomic mass is 9.94. The van der Waals surface area contributed by atoms with Crippen LogP contribution in [-0.4, -0.2) is 50.9 Å². The molecule has 9 nitrogen and oxygen atoms in total. The summed E-state index contributed by atoms with van der Waals surface area (Å²) >= 11 is 1.14. The minimum absolute atomic E-state index is 0.0351. The van der Waals surface area contributed by atoms with Crippen LogP contribution in [0, 0.1) is 0 Å². The number of ketones is 1. The molecule has 5 rings (SSSR count). The molecule has 0 atom stereocenters. The van der Waals surface area contributed by atoms with E-state index in [1.807, 2.05) is 24.3 Å². The van der Waals surface area contributed by atoms with Gasteiger partial charge in [-0.15, -0.1) is 10.2 Å². The van der Waals surface area contributed by atoms with Crippen molar-refractivity contribution in [3.05, 3.63) is 83.2 Å². The Morgan fingerprint density at radius 3 is 2.26 bits per heavy atom. The predicted octanol–water partition coefficient (Wildman–Crippen LogP) is 5.17. The van der Waals surface area contributed by atoms with Gasteiger partial charge in [0.2, 0.25) is 11.8 Å². The Bertz CT molecular complexity index is 1510. The van der Waals surface area contributed by atoms with Crippen LogP contribution < -0.4 is 5.32 Å². The lowest BCUT2D eigenvalue weighted by Crippen LogP contribution is -2.40. The monoisotopic (exact) mass is 542 g/mol. The van der Waals surface area contributed by atoms with Crippen molar-refractivity contribution in [3.8, 4) is 0 Å². The van der Waals surface area contributed by atoms with Crippen molar-refractivity contribution in [2.45, 2.75) is 37.8 Å². The number of amides is 3. The zero-order chi connectivity index (χ0) is 27.4. The number of Topliss-reactive ketones (excluding diaryl/α,β-unsaturated/α-hetero) is 1. The van der Waals surface area contributed by atoms with Gasteiger partial charge in [0, 0.05) is 40.7 Å². The fourth-order valence-electron chi connectivity index (χ4n) is 4.52. The highest BCUT2D eigenvalue weighted by Gasteiger charge is 2.32. The number of anilines is 1. The van der Waals surface area contributed by atoms with Gasteiger partial charge in [-0.3, -0.25) is 24.1 Å². The maximum absolute atomic E-state index is 13.0. The molecule has 0 unspecified atom stereocenters. The Labute approximate surface area is 229 Å². The van der Waals surface area contributed by atoms with E-state index in [-0.39, 0.29) is 29.3 Å². The van der Waals surface area contributed by atoms with Crippen LogP contribution in [0.1, 0.15) is 63.2 Å². The first-order valence-corrected chi connectivity index (χ1v) is 13.6. The third-order valence-corrected chi connectivity index (χ3v) is 7.30. The topological polar surface area (TPSA) is 122 Å². The Balaban J connectivity index is 1.04. The molecule has 3 amide bonds. The molecule has 1 aliphatic heterocycles. The second-order valence-electron chi connectivity index (χ2n) is 9.21. The van der Waals surface area contributed by atoms with E-state index in [1.54, 1.807) is 36.4 Å². The molecule has 198 valence electrons. The van der Waals surface area contributed by atoms with Gasteiger partial charge in [-0.2, -0.15) is 0 Å². The van der Waals surface area contributed by atoms with Crippen molar-refractivity contribution in [2.75, 3.05) is 17.6 Å². The van der Waals surface area contributed by atoms with Crippen LogP contribution in [0.2, 0.25) is 0 Å². The molecule has 1 aromatic heterocycles. The number of carbonyl (C=O) groups excluding carboxylic acids is 4. The molecule has 1 N–H and O–H groups in total. The highest BCUT2D eigenvalue weighted by Crippen LogP contribution is 2.30. The van der Waals surface area contributed by atoms with Gasteiger partial charge in [0.25, 0.3) is 17.0 Å². The summed E-state index contributed by atoms with van der Waals surface area (Å²) in [5.41, 5.74) is 2.32. The van der Waals surface area contributed by atoms with Crippen LogP contribution in [0.4, 0.5) is 5.69 Å². The van der Waals surface area contributed by atoms with Crippen molar-refractivity contribution < 1.29 is 23.6 Å². The summed E-state index contributed by atoms with van der Waals surface area (Å²) in [4.78, 5) is 50.9. The van der Waals surface area contributed by atoms with Crippen LogP contribution in [-0.2, 0) is 11.2 Å². The zero-order valence-electron chi connectivity index (χ0n) is 21.3. The lowest BCUT2D eigenvalue weighted by molar-refractivity contribution is -0.113. The van der Waals surface area contributed by atoms with Gasteiger partial charge in [0.1, 0.15) is 0 Å². The number of benzene rings is 3. The first-order chi connectivity index (χ1) is 18.9. The largest absolute Gasteiger partial charge is 0.416 e. The van der Waals surface area contributed by atoms with E-state index in [1.165, 1.54) is 11.8 Å². The second kappa shape index (κ2) is 11.6. The first-order valence-electron chi connectivity index (χ1n) is 12.6. The number of hydrogen-bond donors (Lipinski definition) is 1. The third-order valence-electron chi connectivity index (χ3n) is 6.48. The Hall–Kier alpha value is -4.31. The van der Waals surface area contributed by atoms with Gasteiger partial charge in [0.05, 0.1) is 5.75 Å². The minimum atomic E-state index is -0.250. The molecule has 0 spiro atoms. The summed E-state index contributed by atoms with van der Waals surface area (Å²) in [6.07, 6.45) is 2.76. The number of carbonyl (C=O) groups is 4. The number of thioether (sulfide) groups is 1. The molecule has 0 saturated carbocycles. The number of nitrogens with one attached hydrogen (secondary N) is 1. The number of unbranched alkanes of at least 4 members (excludes halogenated alkanes) is 2. The van der Waals surface area contributed by atoms with Gasteiger partial charge in [-0.1, -0.05) is 42.4 Å². The van der Waals surface area contributed by atoms with E-state index in [2.05, 4.69) is 15.5 Å². The van der Waals surface area contributed by atoms with Crippen molar-refractivity contribution in [3.63, 3.8) is 0 Å². The van der Waals surface area contributed by atoms with Gasteiger partial charge < -0.3 is 9.73 Å². The number of rotatable bonds is 11. The molecular formula is C29H26N4O5S. The highest BCUT2D eigenvalue weighted by molar-refractivity contribution is 7.99. The minimum Gasteiger partial charge on any atom is -0.416 e. The SMILES string of the molecule is CC(=O)c1ccc(NC(=O)CSc2nnc(CCCCCN3C(=O)c4cccc5cccc(c45)C3=O)o2)cc1. The van der Waals surface area contributed by atoms with Gasteiger partial charge in [-0.05, 0) is 61.5 Å². The molecule has 0 saturated heterocycles. The Morgan fingerprint density at radius 2 is 1.59 bits per heavy atom. The van der Waals surface area contributed by atoms with Crippen LogP contribution in [0.15, 0.2) is 70.3 Å². The lowest BCUT2D eigenvalue weighted by Gasteiger charge is -2.27. The molecule has 0 radical (unpaired) electrons. The summed E-state index contributed by atoms with van der Waals surface area (Å²) in [5, 5.41) is 12.7. The molecule has 39 heavy (non-hydrogen) atoms. The predicted molar refractivity (Wildman–Crippen MR) is 147 cm³/mol. The zero-order valence-corrected chi connectivity index (χ0v) is 22.1.